The van der Waals surface area contributed by atoms with Gasteiger partial charge >= 0.3 is 40.8 Å². The Bertz CT molecular complexity index is 1050. The summed E-state index contributed by atoms with van der Waals surface area (Å²) in [5.74, 6) is 0. The van der Waals surface area contributed by atoms with Crippen LogP contribution in [-0.4, -0.2) is 74.4 Å². The van der Waals surface area contributed by atoms with Gasteiger partial charge in [-0.2, -0.15) is 0 Å². The summed E-state index contributed by atoms with van der Waals surface area (Å²) in [6.07, 6.45) is 0. The van der Waals surface area contributed by atoms with Gasteiger partial charge in [-0.25, -0.2) is 0 Å². The van der Waals surface area contributed by atoms with Crippen molar-refractivity contribution in [2.24, 2.45) is 0 Å². The first-order chi connectivity index (χ1) is 24.3. The maximum absolute atomic E-state index is 12.6. The van der Waals surface area contributed by atoms with Gasteiger partial charge in [0, 0.05) is 69.0 Å². The van der Waals surface area contributed by atoms with Crippen molar-refractivity contribution in [1.82, 2.24) is 40.7 Å². The van der Waals surface area contributed by atoms with Crippen molar-refractivity contribution in [2.45, 2.75) is 263 Å². The van der Waals surface area contributed by atoms with Gasteiger partial charge < -0.3 is 105 Å². The van der Waals surface area contributed by atoms with E-state index in [2.05, 4.69) is 40.7 Å². The largest absolute Gasteiger partial charge is 3.00 e. The summed E-state index contributed by atoms with van der Waals surface area (Å²) in [4.78, 5) is 0. The summed E-state index contributed by atoms with van der Waals surface area (Å²) >= 11 is 0. The first-order valence-electron chi connectivity index (χ1n) is 21.0. The van der Waals surface area contributed by atoms with Crippen LogP contribution in [0.1, 0.15) is 194 Å². The minimum absolute atomic E-state index is 0. The molecule has 0 saturated carbocycles. The molecule has 0 aromatic carbocycles. The molecule has 0 unspecified atom stereocenters. The normalized spacial score (nSPS) is 11.9. The zero-order valence-corrected chi connectivity index (χ0v) is 60.3. The van der Waals surface area contributed by atoms with Crippen molar-refractivity contribution < 1.29 is 164 Å². The summed E-state index contributed by atoms with van der Waals surface area (Å²) in [6, 6.07) is 1.82. The van der Waals surface area contributed by atoms with E-state index in [-0.39, 0.29) is 215 Å². The first-order valence-corrected chi connectivity index (χ1v) is 27.8. The van der Waals surface area contributed by atoms with Crippen LogP contribution in [0.4, 0.5) is 0 Å². The van der Waals surface area contributed by atoms with Gasteiger partial charge in [-0.3, -0.25) is 59.0 Å². The third kappa shape index (κ3) is 47.6. The van der Waals surface area contributed by atoms with E-state index in [1.807, 2.05) is 194 Å². The van der Waals surface area contributed by atoms with E-state index in [0.717, 1.165) is 0 Å². The fourth-order valence-electron chi connectivity index (χ4n) is 4.61. The van der Waals surface area contributed by atoms with Crippen molar-refractivity contribution in [3.63, 3.8) is 0 Å². The Balaban J connectivity index is -0.0000000433. The van der Waals surface area contributed by atoms with E-state index in [0.29, 0.717) is 0 Å². The Morgan fingerprint density at radius 3 is 0.348 bits per heavy atom. The molecular weight excluding hydrogens is 1400 g/mol. The summed E-state index contributed by atoms with van der Waals surface area (Å²) in [6.45, 7) is 56.2. The number of nitrogens with one attached hydrogen (secondary N) is 8. The van der Waals surface area contributed by atoms with Crippen molar-refractivity contribution >= 4 is 29.8 Å². The quantitative estimate of drug-likeness (QED) is 0.0451. The van der Waals surface area contributed by atoms with Crippen LogP contribution in [0.15, 0.2) is 0 Å². The van der Waals surface area contributed by atoms with Crippen LogP contribution >= 0.6 is 29.8 Å². The monoisotopic (exact) mass is 1520 g/mol. The van der Waals surface area contributed by atoms with Crippen LogP contribution < -0.4 is 113 Å². The molecule has 0 spiro atoms. The molecule has 0 aliphatic rings. The second-order valence-corrected chi connectivity index (χ2v) is 33.7. The molecule has 0 atom stereocenters. The zero-order chi connectivity index (χ0) is 46.3. The molecular formula is C40H117I3N8NdO10P4+5. The molecule has 25 N–H and O–H groups in total. The van der Waals surface area contributed by atoms with Gasteiger partial charge in [-0.15, -0.1) is 0 Å². The predicted octanol–water partition coefficient (Wildman–Crippen LogP) is -2.53. The van der Waals surface area contributed by atoms with Crippen LogP contribution in [0.2, 0.25) is 0 Å². The molecule has 18 nitrogen and oxygen atoms in total. The van der Waals surface area contributed by atoms with E-state index in [1.165, 1.54) is 0 Å². The maximum atomic E-state index is 12.6. The Kier molecular flexibility index (Phi) is 72.6. The topological polar surface area (TPSA) is 361 Å². The molecule has 0 bridgehead atoms. The SMILES string of the molecule is CC(C)NP(=O)(NC(C)C)C(C)(C)C.CC(C)NP(=O)(NC(C)C)C(C)(C)C.CC(C)NP(=O)(NC(C)C)C(C)(C)C.CC(C)NP(=O)(NC(C)C)C(C)(C)C.O.[I-].[I-].[I-].[Nd+3].[OH3+].[OH3+].[OH3+].[OH3+].[OH3+]. The van der Waals surface area contributed by atoms with E-state index >= 15 is 0 Å². The second kappa shape index (κ2) is 45.1. The Labute approximate surface area is 491 Å². The average molecular weight is 1520 g/mol. The molecule has 0 aromatic heterocycles. The van der Waals surface area contributed by atoms with Crippen LogP contribution in [0, 0.1) is 40.8 Å². The van der Waals surface area contributed by atoms with Gasteiger partial charge in [0.2, 0.25) is 29.8 Å². The molecule has 0 fully saturated rings. The molecule has 66 heavy (non-hydrogen) atoms. The second-order valence-electron chi connectivity index (χ2n) is 21.4. The minimum Gasteiger partial charge on any atom is -1.00 e. The molecule has 26 heteroatoms. The maximum Gasteiger partial charge on any atom is 3.00 e. The van der Waals surface area contributed by atoms with Crippen molar-refractivity contribution in [1.29, 1.82) is 0 Å². The van der Waals surface area contributed by atoms with Gasteiger partial charge in [0.25, 0.3) is 0 Å². The number of hydrogen-bond acceptors (Lipinski definition) is 4. The van der Waals surface area contributed by atoms with Crippen molar-refractivity contribution in [2.75, 3.05) is 0 Å². The predicted molar refractivity (Wildman–Crippen MR) is 284 cm³/mol. The third-order valence-electron chi connectivity index (χ3n) is 7.30. The summed E-state index contributed by atoms with van der Waals surface area (Å²) in [5, 5.41) is 24.4. The van der Waals surface area contributed by atoms with Gasteiger partial charge in [0.15, 0.2) is 0 Å². The smallest absolute Gasteiger partial charge is 1.00 e. The molecule has 0 aliphatic carbocycles. The fraction of sp³-hybridized carbons (Fsp3) is 1.00. The van der Waals surface area contributed by atoms with Crippen LogP contribution in [0.25, 0.3) is 0 Å². The summed E-state index contributed by atoms with van der Waals surface area (Å²) in [7, 11) is -10.1. The first kappa shape index (κ1) is 106. The zero-order valence-electron chi connectivity index (χ0n) is 47.1. The molecule has 0 aromatic rings. The van der Waals surface area contributed by atoms with E-state index in [4.69, 9.17) is 0 Å². The van der Waals surface area contributed by atoms with Gasteiger partial charge in [0.05, 0.1) is 0 Å². The molecule has 0 aliphatic heterocycles. The Morgan fingerprint density at radius 1 is 0.258 bits per heavy atom. The molecule has 1 radical (unpaired) electrons. The number of halogens is 3. The minimum atomic E-state index is -2.52. The van der Waals surface area contributed by atoms with Gasteiger partial charge in [-0.1, -0.05) is 83.1 Å². The summed E-state index contributed by atoms with van der Waals surface area (Å²) in [5.41, 5.74) is 0. The van der Waals surface area contributed by atoms with Gasteiger partial charge in [-0.05, 0) is 111 Å². The summed E-state index contributed by atoms with van der Waals surface area (Å²) < 4.78 is 50.5. The number of hydrogen-bond donors (Lipinski definition) is 8. The third-order valence-corrected chi connectivity index (χ3v) is 21.9. The van der Waals surface area contributed by atoms with Crippen molar-refractivity contribution in [3.05, 3.63) is 0 Å². The van der Waals surface area contributed by atoms with Crippen LogP contribution in [-0.2, 0) is 45.6 Å². The van der Waals surface area contributed by atoms with Crippen molar-refractivity contribution in [3.8, 4) is 0 Å². The fourth-order valence-corrected chi connectivity index (χ4v) is 13.8. The molecule has 417 valence electrons. The van der Waals surface area contributed by atoms with E-state index in [1.54, 1.807) is 0 Å². The van der Waals surface area contributed by atoms with E-state index in [9.17, 15) is 18.3 Å². The number of rotatable bonds is 16. The molecule has 0 amide bonds. The van der Waals surface area contributed by atoms with Gasteiger partial charge in [0.1, 0.15) is 0 Å². The molecule has 0 heterocycles. The molecule has 0 saturated heterocycles. The molecule has 0 rings (SSSR count). The standard InChI is InChI=1S/4C10H25N2OP.3HI.Nd.6H2O/c4*1-8(2)11-14(13,10(5,6)7)12-9(3)4;;;;;;;;;;/h4*8-9H,1-7H3,(H2,11,12,13);3*1H;;6*1H2/q;;;;;;;+3;;;;;;/p+2. The van der Waals surface area contributed by atoms with E-state index < -0.39 is 29.8 Å². The van der Waals surface area contributed by atoms with Crippen LogP contribution in [0.5, 0.6) is 0 Å². The Morgan fingerprint density at radius 2 is 0.318 bits per heavy atom. The Hall–Kier alpha value is 3.90. The van der Waals surface area contributed by atoms with Crippen LogP contribution in [0.3, 0.4) is 0 Å². The average Bonchev–Trinajstić information content (AvgIpc) is 2.83.